The highest BCUT2D eigenvalue weighted by Crippen LogP contribution is 2.38. The van der Waals surface area contributed by atoms with Crippen molar-refractivity contribution in [2.75, 3.05) is 36.1 Å². The second-order valence-electron chi connectivity index (χ2n) is 7.20. The van der Waals surface area contributed by atoms with Crippen LogP contribution in [0.1, 0.15) is 40.6 Å². The third-order valence-corrected chi connectivity index (χ3v) is 7.38. The molecule has 0 spiro atoms. The molecule has 1 aromatic carbocycles. The Morgan fingerprint density at radius 1 is 1.16 bits per heavy atom. The molecule has 8 nitrogen and oxygen atoms in total. The molecule has 3 rings (SSSR count). The summed E-state index contributed by atoms with van der Waals surface area (Å²) in [6.45, 7) is 1.78. The maximum atomic E-state index is 12.5. The Morgan fingerprint density at radius 2 is 1.84 bits per heavy atom. The van der Waals surface area contributed by atoms with Gasteiger partial charge in [0.05, 0.1) is 24.1 Å². The molecule has 0 unspecified atom stereocenters. The van der Waals surface area contributed by atoms with Crippen molar-refractivity contribution in [3.63, 3.8) is 0 Å². The van der Waals surface area contributed by atoms with Gasteiger partial charge in [0.15, 0.2) is 6.61 Å². The summed E-state index contributed by atoms with van der Waals surface area (Å²) in [6, 6.07) is 6.39. The lowest BCUT2D eigenvalue weighted by atomic mass is 9.95. The van der Waals surface area contributed by atoms with E-state index in [0.29, 0.717) is 22.0 Å². The highest BCUT2D eigenvalue weighted by atomic mass is 32.2. The molecule has 2 aromatic rings. The van der Waals surface area contributed by atoms with Crippen molar-refractivity contribution >= 4 is 43.9 Å². The van der Waals surface area contributed by atoms with Crippen LogP contribution in [0.25, 0.3) is 0 Å². The average Bonchev–Trinajstić information content (AvgIpc) is 3.09. The first-order valence-corrected chi connectivity index (χ1v) is 12.7. The fraction of sp³-hybridized carbons (Fsp3) is 0.429. The molecule has 31 heavy (non-hydrogen) atoms. The molecule has 1 heterocycles. The highest BCUT2D eigenvalue weighted by molar-refractivity contribution is 7.92. The Hall–Kier alpha value is -2.59. The van der Waals surface area contributed by atoms with Crippen molar-refractivity contribution in [2.24, 2.45) is 0 Å². The van der Waals surface area contributed by atoms with Gasteiger partial charge in [0.1, 0.15) is 10.8 Å². The summed E-state index contributed by atoms with van der Waals surface area (Å²) in [5.74, 6) is -0.373. The summed E-state index contributed by atoms with van der Waals surface area (Å²) < 4.78 is 35.1. The van der Waals surface area contributed by atoms with E-state index in [1.807, 2.05) is 0 Å². The first kappa shape index (κ1) is 23.1. The monoisotopic (exact) mass is 466 g/mol. The van der Waals surface area contributed by atoms with Crippen LogP contribution in [0, 0.1) is 0 Å². The van der Waals surface area contributed by atoms with Gasteiger partial charge >= 0.3 is 5.97 Å². The van der Waals surface area contributed by atoms with Gasteiger partial charge in [-0.15, -0.1) is 11.3 Å². The number of carbonyl (C=O) groups excluding carboxylic acids is 2. The van der Waals surface area contributed by atoms with Crippen LogP contribution in [0.15, 0.2) is 24.3 Å². The van der Waals surface area contributed by atoms with E-state index in [-0.39, 0.29) is 19.1 Å². The van der Waals surface area contributed by atoms with Gasteiger partial charge in [-0.2, -0.15) is 0 Å². The van der Waals surface area contributed by atoms with Crippen LogP contribution in [0.3, 0.4) is 0 Å². The predicted molar refractivity (Wildman–Crippen MR) is 121 cm³/mol. The minimum absolute atomic E-state index is 0.244. The second-order valence-corrected chi connectivity index (χ2v) is 10.3. The maximum absolute atomic E-state index is 12.5. The Kier molecular flexibility index (Phi) is 7.22. The summed E-state index contributed by atoms with van der Waals surface area (Å²) in [4.78, 5) is 26.1. The van der Waals surface area contributed by atoms with Crippen LogP contribution in [-0.4, -0.2) is 46.8 Å². The number of hydrogen-bond donors (Lipinski definition) is 1. The molecule has 0 bridgehead atoms. The number of fused-ring (bicyclic) bond motifs is 1. The third-order valence-electron chi connectivity index (χ3n) is 4.97. The van der Waals surface area contributed by atoms with Gasteiger partial charge < -0.3 is 14.8 Å². The maximum Gasteiger partial charge on any atom is 0.341 e. The Morgan fingerprint density at radius 3 is 2.48 bits per heavy atom. The third kappa shape index (κ3) is 5.56. The van der Waals surface area contributed by atoms with Crippen LogP contribution in [0.2, 0.25) is 0 Å². The van der Waals surface area contributed by atoms with E-state index in [2.05, 4.69) is 5.32 Å². The molecule has 0 radical (unpaired) electrons. The number of nitrogens with zero attached hydrogens (tertiary/aromatic N) is 1. The van der Waals surface area contributed by atoms with E-state index in [4.69, 9.17) is 9.47 Å². The van der Waals surface area contributed by atoms with E-state index >= 15 is 0 Å². The number of rotatable bonds is 8. The molecular formula is C21H26N2O6S2. The molecule has 0 fully saturated rings. The lowest BCUT2D eigenvalue weighted by molar-refractivity contribution is -0.118. The van der Waals surface area contributed by atoms with E-state index in [9.17, 15) is 18.0 Å². The molecule has 10 heteroatoms. The number of carbonyl (C=O) groups is 2. The van der Waals surface area contributed by atoms with Crippen molar-refractivity contribution in [3.8, 4) is 5.75 Å². The summed E-state index contributed by atoms with van der Waals surface area (Å²) in [5.41, 5.74) is 1.93. The fourth-order valence-electron chi connectivity index (χ4n) is 3.33. The summed E-state index contributed by atoms with van der Waals surface area (Å²) in [5, 5.41) is 3.30. The summed E-state index contributed by atoms with van der Waals surface area (Å²) >= 11 is 1.42. The van der Waals surface area contributed by atoms with E-state index < -0.39 is 16.0 Å². The number of nitrogens with one attached hydrogen (secondary N) is 1. The molecule has 1 N–H and O–H groups in total. The zero-order valence-corrected chi connectivity index (χ0v) is 19.4. The van der Waals surface area contributed by atoms with Crippen LogP contribution >= 0.6 is 11.3 Å². The number of hydrogen-bond acceptors (Lipinski definition) is 7. The molecular weight excluding hydrogens is 440 g/mol. The number of thiophene rings is 1. The summed E-state index contributed by atoms with van der Waals surface area (Å²) in [6.07, 6.45) is 4.90. The van der Waals surface area contributed by atoms with Crippen LogP contribution in [0.5, 0.6) is 5.75 Å². The smallest absolute Gasteiger partial charge is 0.341 e. The van der Waals surface area contributed by atoms with Gasteiger partial charge in [-0.3, -0.25) is 9.10 Å². The van der Waals surface area contributed by atoms with Gasteiger partial charge in [0.2, 0.25) is 10.0 Å². The van der Waals surface area contributed by atoms with Crippen molar-refractivity contribution in [3.05, 3.63) is 40.3 Å². The van der Waals surface area contributed by atoms with E-state index in [1.54, 1.807) is 31.2 Å². The zero-order chi connectivity index (χ0) is 22.6. The standard InChI is InChI=1S/C21H26N2O6S2/c1-4-28-21(25)19-16-7-5-6-8-17(16)30-20(19)22-18(24)13-29-15-11-9-14(10-12-15)23(2)31(3,26)27/h9-12H,4-8,13H2,1-3H3,(H,22,24). The molecule has 0 aliphatic heterocycles. The number of anilines is 2. The van der Waals surface area contributed by atoms with Gasteiger partial charge in [0.25, 0.3) is 5.91 Å². The molecule has 0 saturated heterocycles. The lowest BCUT2D eigenvalue weighted by Crippen LogP contribution is -2.24. The normalized spacial score (nSPS) is 13.3. The number of sulfonamides is 1. The number of amides is 1. The second kappa shape index (κ2) is 9.69. The van der Waals surface area contributed by atoms with Gasteiger partial charge in [-0.1, -0.05) is 0 Å². The molecule has 1 aliphatic carbocycles. The van der Waals surface area contributed by atoms with Crippen LogP contribution in [0.4, 0.5) is 10.7 Å². The van der Waals surface area contributed by atoms with E-state index in [0.717, 1.165) is 46.7 Å². The van der Waals surface area contributed by atoms with Gasteiger partial charge in [-0.25, -0.2) is 13.2 Å². The van der Waals surface area contributed by atoms with Crippen LogP contribution in [-0.2, 0) is 32.4 Å². The van der Waals surface area contributed by atoms with Crippen LogP contribution < -0.4 is 14.4 Å². The first-order valence-electron chi connectivity index (χ1n) is 9.99. The molecule has 0 atom stereocenters. The molecule has 1 aromatic heterocycles. The number of ether oxygens (including phenoxy) is 2. The largest absolute Gasteiger partial charge is 0.484 e. The van der Waals surface area contributed by atoms with Crippen molar-refractivity contribution < 1.29 is 27.5 Å². The molecule has 0 saturated carbocycles. The van der Waals surface area contributed by atoms with E-state index in [1.165, 1.54) is 18.4 Å². The first-order chi connectivity index (χ1) is 14.7. The quantitative estimate of drug-likeness (QED) is 0.600. The average molecular weight is 467 g/mol. The molecule has 1 aliphatic rings. The van der Waals surface area contributed by atoms with Crippen molar-refractivity contribution in [2.45, 2.75) is 32.6 Å². The van der Waals surface area contributed by atoms with Gasteiger partial charge in [0, 0.05) is 11.9 Å². The topological polar surface area (TPSA) is 102 Å². The number of esters is 1. The minimum atomic E-state index is -3.35. The van der Waals surface area contributed by atoms with Gasteiger partial charge in [-0.05, 0) is 62.4 Å². The molecule has 1 amide bonds. The Labute approximate surface area is 186 Å². The Balaban J connectivity index is 1.66. The minimum Gasteiger partial charge on any atom is -0.484 e. The fourth-order valence-corrected chi connectivity index (χ4v) is 5.13. The van der Waals surface area contributed by atoms with Crippen molar-refractivity contribution in [1.82, 2.24) is 0 Å². The van der Waals surface area contributed by atoms with Crippen molar-refractivity contribution in [1.29, 1.82) is 0 Å². The SMILES string of the molecule is CCOC(=O)c1c(NC(=O)COc2ccc(N(C)S(C)(=O)=O)cc2)sc2c1CCCC2. The molecule has 168 valence electrons. The predicted octanol–water partition coefficient (Wildman–Crippen LogP) is 3.22. The summed E-state index contributed by atoms with van der Waals surface area (Å²) in [7, 11) is -1.90. The lowest BCUT2D eigenvalue weighted by Gasteiger charge is -2.16. The number of aryl methyl sites for hydroxylation is 1. The number of benzene rings is 1. The Bertz CT molecular complexity index is 1060. The zero-order valence-electron chi connectivity index (χ0n) is 17.8. The highest BCUT2D eigenvalue weighted by Gasteiger charge is 2.27.